The van der Waals surface area contributed by atoms with Crippen molar-refractivity contribution in [3.05, 3.63) is 35.9 Å². The van der Waals surface area contributed by atoms with Crippen molar-refractivity contribution in [2.24, 2.45) is 5.92 Å². The molecular formula is C14H16O2. The summed E-state index contributed by atoms with van der Waals surface area (Å²) >= 11 is 0. The standard InChI is InChI=1S/C14H16O2/c15-9-8-12-6-7-13(16)10-14(12)11-4-2-1-3-5-11/h1-5,9,12,14H,6-8,10H2/t12-,14-/m0/s1. The lowest BCUT2D eigenvalue weighted by atomic mass is 9.74. The molecule has 0 N–H and O–H groups in total. The molecule has 2 nitrogen and oxygen atoms in total. The smallest absolute Gasteiger partial charge is 0.133 e. The van der Waals surface area contributed by atoms with Gasteiger partial charge in [-0.25, -0.2) is 0 Å². The van der Waals surface area contributed by atoms with Gasteiger partial charge in [-0.2, -0.15) is 0 Å². The van der Waals surface area contributed by atoms with E-state index in [0.29, 0.717) is 31.0 Å². The predicted molar refractivity (Wildman–Crippen MR) is 62.2 cm³/mol. The predicted octanol–water partition coefficient (Wildman–Crippen LogP) is 2.73. The van der Waals surface area contributed by atoms with Crippen molar-refractivity contribution in [3.63, 3.8) is 0 Å². The van der Waals surface area contributed by atoms with E-state index >= 15 is 0 Å². The van der Waals surface area contributed by atoms with Crippen LogP contribution in [0.15, 0.2) is 30.3 Å². The van der Waals surface area contributed by atoms with Gasteiger partial charge in [0, 0.05) is 19.3 Å². The third-order valence-corrected chi connectivity index (χ3v) is 3.44. The average Bonchev–Trinajstić information content (AvgIpc) is 2.33. The van der Waals surface area contributed by atoms with Crippen LogP contribution in [-0.4, -0.2) is 12.1 Å². The van der Waals surface area contributed by atoms with E-state index in [9.17, 15) is 9.59 Å². The Bertz CT molecular complexity index is 370. The van der Waals surface area contributed by atoms with Crippen LogP contribution in [0.4, 0.5) is 0 Å². The highest BCUT2D eigenvalue weighted by molar-refractivity contribution is 5.80. The van der Waals surface area contributed by atoms with Gasteiger partial charge in [-0.05, 0) is 23.8 Å². The van der Waals surface area contributed by atoms with Crippen LogP contribution in [0.3, 0.4) is 0 Å². The molecule has 0 radical (unpaired) electrons. The number of hydrogen-bond acceptors (Lipinski definition) is 2. The van der Waals surface area contributed by atoms with Gasteiger partial charge >= 0.3 is 0 Å². The molecule has 1 aliphatic rings. The molecule has 0 bridgehead atoms. The topological polar surface area (TPSA) is 34.1 Å². The quantitative estimate of drug-likeness (QED) is 0.728. The van der Waals surface area contributed by atoms with Crippen LogP contribution in [0.2, 0.25) is 0 Å². The maximum atomic E-state index is 11.5. The van der Waals surface area contributed by atoms with Gasteiger partial charge in [0.05, 0.1) is 0 Å². The number of hydrogen-bond donors (Lipinski definition) is 0. The zero-order chi connectivity index (χ0) is 11.4. The second kappa shape index (κ2) is 5.06. The largest absolute Gasteiger partial charge is 0.303 e. The Kier molecular flexibility index (Phi) is 3.50. The SMILES string of the molecule is O=CC[C@@H]1CCC(=O)C[C@H]1c1ccccc1. The fourth-order valence-electron chi connectivity index (χ4n) is 2.56. The Morgan fingerprint density at radius 3 is 2.69 bits per heavy atom. The highest BCUT2D eigenvalue weighted by Gasteiger charge is 2.29. The Morgan fingerprint density at radius 2 is 2.00 bits per heavy atom. The number of aldehydes is 1. The monoisotopic (exact) mass is 216 g/mol. The van der Waals surface area contributed by atoms with E-state index in [1.807, 2.05) is 18.2 Å². The summed E-state index contributed by atoms with van der Waals surface area (Å²) in [5.41, 5.74) is 1.20. The first-order valence-corrected chi connectivity index (χ1v) is 5.81. The number of rotatable bonds is 3. The summed E-state index contributed by atoms with van der Waals surface area (Å²) < 4.78 is 0. The summed E-state index contributed by atoms with van der Waals surface area (Å²) in [7, 11) is 0. The van der Waals surface area contributed by atoms with E-state index in [4.69, 9.17) is 0 Å². The molecule has 84 valence electrons. The highest BCUT2D eigenvalue weighted by Crippen LogP contribution is 2.37. The summed E-state index contributed by atoms with van der Waals surface area (Å²) in [6.45, 7) is 0. The zero-order valence-electron chi connectivity index (χ0n) is 9.26. The second-order valence-corrected chi connectivity index (χ2v) is 4.46. The maximum Gasteiger partial charge on any atom is 0.133 e. The van der Waals surface area contributed by atoms with Gasteiger partial charge in [-0.3, -0.25) is 4.79 Å². The second-order valence-electron chi connectivity index (χ2n) is 4.46. The number of Topliss-reactive ketones (excluding diaryl/α,β-unsaturated/α-hetero) is 1. The molecule has 0 heterocycles. The molecule has 1 aromatic rings. The van der Waals surface area contributed by atoms with Crippen LogP contribution in [0.1, 0.15) is 37.2 Å². The van der Waals surface area contributed by atoms with Crippen molar-refractivity contribution in [3.8, 4) is 0 Å². The van der Waals surface area contributed by atoms with Crippen LogP contribution >= 0.6 is 0 Å². The van der Waals surface area contributed by atoms with Crippen molar-refractivity contribution in [2.45, 2.75) is 31.6 Å². The molecule has 16 heavy (non-hydrogen) atoms. The maximum absolute atomic E-state index is 11.5. The van der Waals surface area contributed by atoms with Gasteiger partial charge in [0.25, 0.3) is 0 Å². The minimum absolute atomic E-state index is 0.243. The van der Waals surface area contributed by atoms with E-state index in [0.717, 1.165) is 12.7 Å². The van der Waals surface area contributed by atoms with Gasteiger partial charge in [0.15, 0.2) is 0 Å². The van der Waals surface area contributed by atoms with Crippen LogP contribution in [0, 0.1) is 5.92 Å². The molecule has 2 atom stereocenters. The van der Waals surface area contributed by atoms with Gasteiger partial charge < -0.3 is 4.79 Å². The zero-order valence-corrected chi connectivity index (χ0v) is 9.26. The van der Waals surface area contributed by atoms with Crippen LogP contribution in [-0.2, 0) is 9.59 Å². The lowest BCUT2D eigenvalue weighted by Gasteiger charge is -2.29. The molecule has 0 unspecified atom stereocenters. The molecule has 0 amide bonds. The van der Waals surface area contributed by atoms with Crippen molar-refractivity contribution in [1.82, 2.24) is 0 Å². The summed E-state index contributed by atoms with van der Waals surface area (Å²) in [5, 5.41) is 0. The summed E-state index contributed by atoms with van der Waals surface area (Å²) in [5.74, 6) is 0.918. The third-order valence-electron chi connectivity index (χ3n) is 3.44. The summed E-state index contributed by atoms with van der Waals surface area (Å²) in [6, 6.07) is 10.1. The van der Waals surface area contributed by atoms with Gasteiger partial charge in [-0.1, -0.05) is 30.3 Å². The van der Waals surface area contributed by atoms with E-state index in [-0.39, 0.29) is 5.92 Å². The Morgan fingerprint density at radius 1 is 1.25 bits per heavy atom. The van der Waals surface area contributed by atoms with Gasteiger partial charge in [-0.15, -0.1) is 0 Å². The van der Waals surface area contributed by atoms with E-state index < -0.39 is 0 Å². The Hall–Kier alpha value is -1.44. The van der Waals surface area contributed by atoms with Gasteiger partial charge in [0.2, 0.25) is 0 Å². The van der Waals surface area contributed by atoms with Crippen molar-refractivity contribution in [1.29, 1.82) is 0 Å². The van der Waals surface area contributed by atoms with E-state index in [2.05, 4.69) is 12.1 Å². The fourth-order valence-corrected chi connectivity index (χ4v) is 2.56. The normalized spacial score (nSPS) is 25.4. The molecule has 2 heteroatoms. The minimum atomic E-state index is 0.243. The molecule has 1 aromatic carbocycles. The van der Waals surface area contributed by atoms with E-state index in [1.165, 1.54) is 5.56 Å². The third kappa shape index (κ3) is 2.38. The Labute approximate surface area is 95.7 Å². The number of benzene rings is 1. The van der Waals surface area contributed by atoms with Gasteiger partial charge in [0.1, 0.15) is 12.1 Å². The van der Waals surface area contributed by atoms with Crippen molar-refractivity contribution in [2.75, 3.05) is 0 Å². The van der Waals surface area contributed by atoms with Crippen LogP contribution in [0.25, 0.3) is 0 Å². The molecule has 1 fully saturated rings. The molecule has 1 saturated carbocycles. The molecule has 0 aliphatic heterocycles. The molecule has 0 aromatic heterocycles. The molecule has 0 spiro atoms. The summed E-state index contributed by atoms with van der Waals surface area (Å²) in [4.78, 5) is 22.2. The lowest BCUT2D eigenvalue weighted by Crippen LogP contribution is -2.23. The number of carbonyl (C=O) groups excluding carboxylic acids is 2. The Balaban J connectivity index is 2.20. The first-order valence-electron chi connectivity index (χ1n) is 5.81. The molecule has 0 saturated heterocycles. The highest BCUT2D eigenvalue weighted by atomic mass is 16.1. The fraction of sp³-hybridized carbons (Fsp3) is 0.429. The van der Waals surface area contributed by atoms with Crippen molar-refractivity contribution >= 4 is 12.1 Å². The van der Waals surface area contributed by atoms with Crippen LogP contribution < -0.4 is 0 Å². The minimum Gasteiger partial charge on any atom is -0.303 e. The number of ketones is 1. The summed E-state index contributed by atoms with van der Waals surface area (Å²) in [6.07, 6.45) is 3.66. The first kappa shape index (κ1) is 11.1. The number of carbonyl (C=O) groups is 2. The van der Waals surface area contributed by atoms with Crippen LogP contribution in [0.5, 0.6) is 0 Å². The van der Waals surface area contributed by atoms with E-state index in [1.54, 1.807) is 0 Å². The lowest BCUT2D eigenvalue weighted by molar-refractivity contribution is -0.122. The molecular weight excluding hydrogens is 200 g/mol. The molecule has 2 rings (SSSR count). The average molecular weight is 216 g/mol. The van der Waals surface area contributed by atoms with Crippen molar-refractivity contribution < 1.29 is 9.59 Å². The first-order chi connectivity index (χ1) is 7.81. The molecule has 1 aliphatic carbocycles.